The van der Waals surface area contributed by atoms with Crippen LogP contribution in [0, 0.1) is 0 Å². The van der Waals surface area contributed by atoms with Gasteiger partial charge in [-0.3, -0.25) is 0 Å². The molecule has 0 saturated carbocycles. The first kappa shape index (κ1) is 14.4. The largest absolute Gasteiger partial charge is 0.456 e. The van der Waals surface area contributed by atoms with Crippen LogP contribution in [0.4, 0.5) is 0 Å². The number of carbonyl (C=O) groups excluding carboxylic acids is 1. The number of nitrogens with two attached hydrogens (primary N) is 1. The minimum atomic E-state index is -0.510. The molecule has 0 aliphatic heterocycles. The Kier molecular flexibility index (Phi) is 5.58. The van der Waals surface area contributed by atoms with Gasteiger partial charge in [-0.1, -0.05) is 26.3 Å². The van der Waals surface area contributed by atoms with Crippen LogP contribution >= 0.6 is 0 Å². The summed E-state index contributed by atoms with van der Waals surface area (Å²) in [6.07, 6.45) is 5.34. The minimum Gasteiger partial charge on any atom is -0.456 e. The lowest BCUT2D eigenvalue weighted by atomic mass is 10.1. The van der Waals surface area contributed by atoms with E-state index in [0.29, 0.717) is 0 Å². The number of aromatic nitrogens is 1. The molecule has 0 aliphatic carbocycles. The number of hydrogen-bond acceptors (Lipinski definition) is 5. The van der Waals surface area contributed by atoms with Crippen LogP contribution in [0.3, 0.4) is 0 Å². The van der Waals surface area contributed by atoms with E-state index in [0.717, 1.165) is 19.3 Å². The predicted molar refractivity (Wildman–Crippen MR) is 68.0 cm³/mol. The summed E-state index contributed by atoms with van der Waals surface area (Å²) in [5.74, 6) is -0.150. The molecule has 1 heterocycles. The third-order valence-electron chi connectivity index (χ3n) is 2.60. The molecule has 2 N–H and O–H groups in total. The predicted octanol–water partition coefficient (Wildman–Crippen LogP) is 2.60. The fourth-order valence-electron chi connectivity index (χ4n) is 1.51. The molecule has 2 unspecified atom stereocenters. The summed E-state index contributed by atoms with van der Waals surface area (Å²) in [5, 5.41) is 0. The van der Waals surface area contributed by atoms with Crippen molar-refractivity contribution in [2.75, 3.05) is 0 Å². The molecule has 18 heavy (non-hydrogen) atoms. The van der Waals surface area contributed by atoms with Crippen molar-refractivity contribution < 1.29 is 13.9 Å². The first-order chi connectivity index (χ1) is 8.62. The quantitative estimate of drug-likeness (QED) is 0.596. The number of rotatable bonds is 7. The molecule has 1 aromatic heterocycles. The molecule has 5 heteroatoms. The Hall–Kier alpha value is -1.62. The molecule has 0 saturated heterocycles. The fourth-order valence-corrected chi connectivity index (χ4v) is 1.51. The summed E-state index contributed by atoms with van der Waals surface area (Å²) in [7, 11) is 0. The normalized spacial score (nSPS) is 13.9. The van der Waals surface area contributed by atoms with Gasteiger partial charge in [-0.15, -0.1) is 6.58 Å². The van der Waals surface area contributed by atoms with Crippen LogP contribution in [-0.4, -0.2) is 17.1 Å². The van der Waals surface area contributed by atoms with E-state index in [4.69, 9.17) is 14.9 Å². The van der Waals surface area contributed by atoms with Gasteiger partial charge in [0.05, 0.1) is 6.20 Å². The van der Waals surface area contributed by atoms with Crippen LogP contribution in [0.2, 0.25) is 0 Å². The van der Waals surface area contributed by atoms with Gasteiger partial charge in [-0.25, -0.2) is 9.78 Å². The molecule has 1 aromatic rings. The van der Waals surface area contributed by atoms with Crippen molar-refractivity contribution >= 4 is 5.97 Å². The first-order valence-corrected chi connectivity index (χ1v) is 6.17. The van der Waals surface area contributed by atoms with Gasteiger partial charge < -0.3 is 14.9 Å². The molecule has 2 atom stereocenters. The second-order valence-corrected chi connectivity index (χ2v) is 4.05. The second kappa shape index (κ2) is 6.96. The van der Waals surface area contributed by atoms with E-state index < -0.39 is 12.0 Å². The number of carbonyl (C=O) groups is 1. The Morgan fingerprint density at radius 1 is 1.67 bits per heavy atom. The summed E-state index contributed by atoms with van der Waals surface area (Å²) >= 11 is 0. The van der Waals surface area contributed by atoms with Gasteiger partial charge in [0, 0.05) is 0 Å². The molecule has 0 amide bonds. The zero-order chi connectivity index (χ0) is 13.5. The molecule has 0 radical (unpaired) electrons. The first-order valence-electron chi connectivity index (χ1n) is 6.17. The molecule has 0 spiro atoms. The van der Waals surface area contributed by atoms with Crippen molar-refractivity contribution in [3.8, 4) is 0 Å². The van der Waals surface area contributed by atoms with Crippen molar-refractivity contribution in [1.82, 2.24) is 4.98 Å². The van der Waals surface area contributed by atoms with E-state index in [2.05, 4.69) is 11.6 Å². The van der Waals surface area contributed by atoms with Crippen LogP contribution in [-0.2, 0) is 4.74 Å². The summed E-state index contributed by atoms with van der Waals surface area (Å²) in [5.41, 5.74) is 5.66. The fraction of sp³-hybridized carbons (Fsp3) is 0.538. The molecule has 0 aromatic carbocycles. The minimum absolute atomic E-state index is 0.0795. The third kappa shape index (κ3) is 3.70. The second-order valence-electron chi connectivity index (χ2n) is 4.05. The maximum absolute atomic E-state index is 11.8. The molecular weight excluding hydrogens is 232 g/mol. The number of nitrogens with zero attached hydrogens (tertiary/aromatic N) is 1. The maximum atomic E-state index is 11.8. The Bertz CT molecular complexity index is 401. The van der Waals surface area contributed by atoms with Gasteiger partial charge in [0.25, 0.3) is 0 Å². The number of esters is 1. The van der Waals surface area contributed by atoms with Gasteiger partial charge in [0.1, 0.15) is 12.1 Å². The summed E-state index contributed by atoms with van der Waals surface area (Å²) in [4.78, 5) is 15.7. The molecule has 0 fully saturated rings. The van der Waals surface area contributed by atoms with Crippen molar-refractivity contribution in [3.63, 3.8) is 0 Å². The Morgan fingerprint density at radius 3 is 2.94 bits per heavy atom. The zero-order valence-corrected chi connectivity index (χ0v) is 10.9. The van der Waals surface area contributed by atoms with Crippen molar-refractivity contribution in [2.24, 2.45) is 5.73 Å². The zero-order valence-electron chi connectivity index (χ0n) is 10.9. The van der Waals surface area contributed by atoms with Crippen molar-refractivity contribution in [2.45, 2.75) is 45.3 Å². The standard InChI is InChI=1S/C13H20N2O3/c1-4-7-9(5-2)17-13(16)11-8-15-12(18-11)10(14)6-3/h6,8-10H,3-5,7,14H2,1-2H3. The van der Waals surface area contributed by atoms with Crippen molar-refractivity contribution in [1.29, 1.82) is 0 Å². The van der Waals surface area contributed by atoms with Gasteiger partial charge in [-0.2, -0.15) is 0 Å². The third-order valence-corrected chi connectivity index (χ3v) is 2.60. The highest BCUT2D eigenvalue weighted by Crippen LogP contribution is 2.15. The van der Waals surface area contributed by atoms with Gasteiger partial charge in [0.15, 0.2) is 0 Å². The number of hydrogen-bond donors (Lipinski definition) is 1. The molecule has 0 bridgehead atoms. The smallest absolute Gasteiger partial charge is 0.376 e. The average molecular weight is 252 g/mol. The van der Waals surface area contributed by atoms with Gasteiger partial charge >= 0.3 is 5.97 Å². The number of oxazole rings is 1. The van der Waals surface area contributed by atoms with Crippen LogP contribution in [0.25, 0.3) is 0 Å². The lowest BCUT2D eigenvalue weighted by molar-refractivity contribution is 0.0234. The molecule has 0 aliphatic rings. The lowest BCUT2D eigenvalue weighted by Gasteiger charge is -2.13. The van der Waals surface area contributed by atoms with Gasteiger partial charge in [0.2, 0.25) is 11.7 Å². The van der Waals surface area contributed by atoms with Crippen LogP contribution < -0.4 is 5.73 Å². The highest BCUT2D eigenvalue weighted by atomic mass is 16.6. The molecular formula is C13H20N2O3. The lowest BCUT2D eigenvalue weighted by Crippen LogP contribution is -2.17. The Labute approximate surface area is 107 Å². The van der Waals surface area contributed by atoms with Crippen molar-refractivity contribution in [3.05, 3.63) is 30.5 Å². The van der Waals surface area contributed by atoms with Gasteiger partial charge in [-0.05, 0) is 12.8 Å². The number of ether oxygens (including phenoxy) is 1. The Morgan fingerprint density at radius 2 is 2.39 bits per heavy atom. The van der Waals surface area contributed by atoms with E-state index in [-0.39, 0.29) is 17.8 Å². The average Bonchev–Trinajstić information content (AvgIpc) is 2.86. The summed E-state index contributed by atoms with van der Waals surface area (Å²) < 4.78 is 10.6. The highest BCUT2D eigenvalue weighted by Gasteiger charge is 2.19. The highest BCUT2D eigenvalue weighted by molar-refractivity contribution is 5.86. The topological polar surface area (TPSA) is 78.3 Å². The monoisotopic (exact) mass is 252 g/mol. The molecule has 100 valence electrons. The van der Waals surface area contributed by atoms with E-state index in [1.54, 1.807) is 0 Å². The summed E-state index contributed by atoms with van der Waals surface area (Å²) in [6, 6.07) is -0.510. The van der Waals surface area contributed by atoms with Crippen LogP contribution in [0.5, 0.6) is 0 Å². The molecule has 1 rings (SSSR count). The molecule has 5 nitrogen and oxygen atoms in total. The maximum Gasteiger partial charge on any atom is 0.376 e. The van der Waals surface area contributed by atoms with E-state index in [1.165, 1.54) is 12.3 Å². The van der Waals surface area contributed by atoms with E-state index in [9.17, 15) is 4.79 Å². The van der Waals surface area contributed by atoms with Crippen LogP contribution in [0.1, 0.15) is 55.6 Å². The van der Waals surface area contributed by atoms with Crippen LogP contribution in [0.15, 0.2) is 23.3 Å². The summed E-state index contributed by atoms with van der Waals surface area (Å²) in [6.45, 7) is 7.56. The Balaban J connectivity index is 2.66. The van der Waals surface area contributed by atoms with E-state index in [1.807, 2.05) is 13.8 Å². The van der Waals surface area contributed by atoms with E-state index >= 15 is 0 Å². The SMILES string of the molecule is C=CC(N)c1ncc(C(=O)OC(CC)CCC)o1.